The lowest BCUT2D eigenvalue weighted by molar-refractivity contribution is -0.127. The molecule has 0 saturated heterocycles. The van der Waals surface area contributed by atoms with Crippen LogP contribution in [0.3, 0.4) is 0 Å². The van der Waals surface area contributed by atoms with Crippen molar-refractivity contribution in [3.63, 3.8) is 0 Å². The Hall–Kier alpha value is -2.29. The summed E-state index contributed by atoms with van der Waals surface area (Å²) in [4.78, 5) is 18.0. The van der Waals surface area contributed by atoms with Gasteiger partial charge in [-0.25, -0.2) is 4.99 Å². The molecule has 0 spiro atoms. The first kappa shape index (κ1) is 26.7. The number of likely N-dealkylation sites (N-methyl/N-ethyl adjacent to an activating group) is 1. The largest absolute Gasteiger partial charge is 0.497 e. The summed E-state index contributed by atoms with van der Waals surface area (Å²) in [5.41, 5.74) is 2.47. The average Bonchev–Trinajstić information content (AvgIpc) is 2.77. The Balaban J connectivity index is 0.00000480. The third-order valence-corrected chi connectivity index (χ3v) is 5.18. The van der Waals surface area contributed by atoms with Crippen LogP contribution in [0.2, 0.25) is 0 Å². The molecule has 0 saturated carbocycles. The zero-order chi connectivity index (χ0) is 21.9. The van der Waals surface area contributed by atoms with Gasteiger partial charge in [0.2, 0.25) is 5.91 Å². The molecular weight excluding hydrogens is 503 g/mol. The van der Waals surface area contributed by atoms with E-state index in [1.807, 2.05) is 18.2 Å². The fraction of sp³-hybridized carbons (Fsp3) is 0.417. The SMILES string of the molecule is COc1ccc(CCNC(=NCC(=O)N(C)C)NC(C)C(C)c2ccccc2)cc1.I. The van der Waals surface area contributed by atoms with E-state index in [0.29, 0.717) is 18.4 Å². The van der Waals surface area contributed by atoms with E-state index in [2.05, 4.69) is 65.9 Å². The van der Waals surface area contributed by atoms with Crippen LogP contribution in [0.1, 0.15) is 30.9 Å². The molecule has 0 aliphatic heterocycles. The summed E-state index contributed by atoms with van der Waals surface area (Å²) >= 11 is 0. The summed E-state index contributed by atoms with van der Waals surface area (Å²) in [6.07, 6.45) is 0.842. The topological polar surface area (TPSA) is 66.0 Å². The molecule has 0 fully saturated rings. The van der Waals surface area contributed by atoms with Crippen LogP contribution in [-0.2, 0) is 11.2 Å². The number of carbonyl (C=O) groups is 1. The standard InChI is InChI=1S/C24H34N4O2.HI/c1-18(21-9-7-6-8-10-21)19(2)27-24(26-17-23(29)28(3)4)25-16-15-20-11-13-22(30-5)14-12-20;/h6-14,18-19H,15-17H2,1-5H3,(H2,25,26,27);1H. The molecule has 2 N–H and O–H groups in total. The smallest absolute Gasteiger partial charge is 0.243 e. The van der Waals surface area contributed by atoms with Crippen LogP contribution in [0.15, 0.2) is 59.6 Å². The minimum atomic E-state index is -0.0324. The minimum absolute atomic E-state index is 0. The number of hydrogen-bond donors (Lipinski definition) is 2. The van der Waals surface area contributed by atoms with E-state index in [0.717, 1.165) is 12.2 Å². The van der Waals surface area contributed by atoms with Crippen molar-refractivity contribution in [2.75, 3.05) is 34.3 Å². The maximum atomic E-state index is 12.0. The number of guanidine groups is 1. The van der Waals surface area contributed by atoms with Crippen LogP contribution in [0, 0.1) is 0 Å². The molecule has 2 atom stereocenters. The number of benzene rings is 2. The molecular formula is C24H35IN4O2. The number of nitrogens with one attached hydrogen (secondary N) is 2. The summed E-state index contributed by atoms with van der Waals surface area (Å²) in [5.74, 6) is 1.76. The molecule has 2 aromatic carbocycles. The maximum Gasteiger partial charge on any atom is 0.243 e. The normalized spacial score (nSPS) is 12.9. The predicted octanol–water partition coefficient (Wildman–Crippen LogP) is 3.67. The van der Waals surface area contributed by atoms with Gasteiger partial charge in [-0.2, -0.15) is 0 Å². The summed E-state index contributed by atoms with van der Waals surface area (Å²) < 4.78 is 5.21. The quantitative estimate of drug-likeness (QED) is 0.291. The number of halogens is 1. The van der Waals surface area contributed by atoms with Gasteiger partial charge in [-0.05, 0) is 36.6 Å². The van der Waals surface area contributed by atoms with Gasteiger partial charge in [0, 0.05) is 32.6 Å². The molecule has 31 heavy (non-hydrogen) atoms. The van der Waals surface area contributed by atoms with Gasteiger partial charge >= 0.3 is 0 Å². The van der Waals surface area contributed by atoms with E-state index >= 15 is 0 Å². The minimum Gasteiger partial charge on any atom is -0.497 e. The molecule has 0 aliphatic rings. The molecule has 2 unspecified atom stereocenters. The lowest BCUT2D eigenvalue weighted by Crippen LogP contribution is -2.45. The number of aliphatic imine (C=N–C) groups is 1. The average molecular weight is 538 g/mol. The fourth-order valence-electron chi connectivity index (χ4n) is 2.94. The monoisotopic (exact) mass is 538 g/mol. The summed E-state index contributed by atoms with van der Waals surface area (Å²) in [6, 6.07) is 18.6. The van der Waals surface area contributed by atoms with Gasteiger partial charge in [-0.3, -0.25) is 4.79 Å². The maximum absolute atomic E-state index is 12.0. The first-order chi connectivity index (χ1) is 14.4. The highest BCUT2D eigenvalue weighted by atomic mass is 127. The number of hydrogen-bond acceptors (Lipinski definition) is 3. The van der Waals surface area contributed by atoms with Crippen LogP contribution < -0.4 is 15.4 Å². The lowest BCUT2D eigenvalue weighted by atomic mass is 9.94. The molecule has 0 aliphatic carbocycles. The Morgan fingerprint density at radius 2 is 1.71 bits per heavy atom. The number of amides is 1. The Kier molecular flexibility index (Phi) is 12.0. The molecule has 0 aromatic heterocycles. The molecule has 1 amide bonds. The molecule has 2 rings (SSSR count). The lowest BCUT2D eigenvalue weighted by Gasteiger charge is -2.24. The van der Waals surface area contributed by atoms with Gasteiger partial charge in [0.15, 0.2) is 5.96 Å². The molecule has 170 valence electrons. The second-order valence-corrected chi connectivity index (χ2v) is 7.61. The van der Waals surface area contributed by atoms with Crippen molar-refractivity contribution < 1.29 is 9.53 Å². The van der Waals surface area contributed by atoms with E-state index < -0.39 is 0 Å². The Bertz CT molecular complexity index is 810. The van der Waals surface area contributed by atoms with Crippen molar-refractivity contribution in [2.24, 2.45) is 4.99 Å². The van der Waals surface area contributed by atoms with Gasteiger partial charge in [-0.1, -0.05) is 49.4 Å². The molecule has 0 radical (unpaired) electrons. The van der Waals surface area contributed by atoms with Crippen LogP contribution in [0.25, 0.3) is 0 Å². The number of nitrogens with zero attached hydrogens (tertiary/aromatic N) is 2. The zero-order valence-corrected chi connectivity index (χ0v) is 21.4. The molecule has 0 heterocycles. The number of rotatable bonds is 9. The summed E-state index contributed by atoms with van der Waals surface area (Å²) in [5, 5.41) is 6.83. The Labute approximate surface area is 203 Å². The van der Waals surface area contributed by atoms with Crippen LogP contribution >= 0.6 is 24.0 Å². The van der Waals surface area contributed by atoms with Crippen LogP contribution in [0.5, 0.6) is 5.75 Å². The van der Waals surface area contributed by atoms with Crippen molar-refractivity contribution in [1.29, 1.82) is 0 Å². The van der Waals surface area contributed by atoms with Gasteiger partial charge in [0.25, 0.3) is 0 Å². The van der Waals surface area contributed by atoms with Crippen molar-refractivity contribution in [1.82, 2.24) is 15.5 Å². The number of methoxy groups -OCH3 is 1. The first-order valence-electron chi connectivity index (χ1n) is 10.3. The van der Waals surface area contributed by atoms with Crippen molar-refractivity contribution in [3.8, 4) is 5.75 Å². The second kappa shape index (κ2) is 13.9. The highest BCUT2D eigenvalue weighted by molar-refractivity contribution is 14.0. The molecule has 7 heteroatoms. The predicted molar refractivity (Wildman–Crippen MR) is 139 cm³/mol. The number of ether oxygens (including phenoxy) is 1. The van der Waals surface area contributed by atoms with E-state index in [9.17, 15) is 4.79 Å². The first-order valence-corrected chi connectivity index (χ1v) is 10.3. The van der Waals surface area contributed by atoms with Gasteiger partial charge < -0.3 is 20.3 Å². The number of carbonyl (C=O) groups excluding carboxylic acids is 1. The van der Waals surface area contributed by atoms with E-state index in [4.69, 9.17) is 4.74 Å². The van der Waals surface area contributed by atoms with Crippen LogP contribution in [-0.4, -0.2) is 57.1 Å². The molecule has 0 bridgehead atoms. The van der Waals surface area contributed by atoms with Gasteiger partial charge in [0.1, 0.15) is 12.3 Å². The van der Waals surface area contributed by atoms with Crippen molar-refractivity contribution in [3.05, 3.63) is 65.7 Å². The van der Waals surface area contributed by atoms with E-state index in [1.54, 1.807) is 26.1 Å². The zero-order valence-electron chi connectivity index (χ0n) is 19.1. The summed E-state index contributed by atoms with van der Waals surface area (Å²) in [7, 11) is 5.14. The second-order valence-electron chi connectivity index (χ2n) is 7.61. The van der Waals surface area contributed by atoms with Crippen LogP contribution in [0.4, 0.5) is 0 Å². The van der Waals surface area contributed by atoms with E-state index in [1.165, 1.54) is 11.1 Å². The Morgan fingerprint density at radius 3 is 2.29 bits per heavy atom. The third kappa shape index (κ3) is 9.16. The van der Waals surface area contributed by atoms with Crippen molar-refractivity contribution in [2.45, 2.75) is 32.2 Å². The van der Waals surface area contributed by atoms with Crippen molar-refractivity contribution >= 4 is 35.8 Å². The third-order valence-electron chi connectivity index (χ3n) is 5.18. The molecule has 6 nitrogen and oxygen atoms in total. The van der Waals surface area contributed by atoms with Gasteiger partial charge in [-0.15, -0.1) is 24.0 Å². The fourth-order valence-corrected chi connectivity index (χ4v) is 2.94. The summed E-state index contributed by atoms with van der Waals surface area (Å²) in [6.45, 7) is 5.14. The molecule has 2 aromatic rings. The highest BCUT2D eigenvalue weighted by Crippen LogP contribution is 2.18. The van der Waals surface area contributed by atoms with E-state index in [-0.39, 0.29) is 42.5 Å². The van der Waals surface area contributed by atoms with Gasteiger partial charge in [0.05, 0.1) is 7.11 Å². The Morgan fingerprint density at radius 1 is 1.06 bits per heavy atom. The highest BCUT2D eigenvalue weighted by Gasteiger charge is 2.16.